The van der Waals surface area contributed by atoms with Crippen LogP contribution in [0, 0.1) is 0 Å². The number of nitrogens with two attached hydrogens (primary N) is 1. The van der Waals surface area contributed by atoms with Crippen molar-refractivity contribution in [3.05, 3.63) is 35.9 Å². The molecule has 0 spiro atoms. The van der Waals surface area contributed by atoms with Crippen LogP contribution in [0.5, 0.6) is 0 Å². The van der Waals surface area contributed by atoms with E-state index in [1.54, 1.807) is 0 Å². The summed E-state index contributed by atoms with van der Waals surface area (Å²) in [6.45, 7) is 4.07. The van der Waals surface area contributed by atoms with Gasteiger partial charge in [0.1, 0.15) is 5.54 Å². The van der Waals surface area contributed by atoms with Gasteiger partial charge in [0.25, 0.3) is 0 Å². The van der Waals surface area contributed by atoms with Crippen molar-refractivity contribution in [2.45, 2.75) is 31.4 Å². The number of hydrogen-bond donors (Lipinski definition) is 2. The highest BCUT2D eigenvalue weighted by Crippen LogP contribution is 2.22. The van der Waals surface area contributed by atoms with Gasteiger partial charge < -0.3 is 15.2 Å². The molecule has 1 aromatic carbocycles. The van der Waals surface area contributed by atoms with Crippen LogP contribution < -0.4 is 11.1 Å². The molecule has 116 valence electrons. The predicted molar refractivity (Wildman–Crippen MR) is 80.8 cm³/mol. The number of carbonyl (C=O) groups excluding carboxylic acids is 1. The minimum Gasteiger partial charge on any atom is -0.376 e. The van der Waals surface area contributed by atoms with E-state index < -0.39 is 11.4 Å². The lowest BCUT2D eigenvalue weighted by Crippen LogP contribution is -2.56. The Morgan fingerprint density at radius 1 is 1.48 bits per heavy atom. The average Bonchev–Trinajstić information content (AvgIpc) is 3.00. The fourth-order valence-electron chi connectivity index (χ4n) is 2.68. The van der Waals surface area contributed by atoms with Gasteiger partial charge in [-0.1, -0.05) is 37.3 Å². The van der Waals surface area contributed by atoms with Crippen molar-refractivity contribution < 1.29 is 14.3 Å². The molecule has 1 aliphatic rings. The number of primary amides is 1. The van der Waals surface area contributed by atoms with Gasteiger partial charge in [-0.25, -0.2) is 0 Å². The van der Waals surface area contributed by atoms with E-state index in [-0.39, 0.29) is 12.7 Å². The number of carbonyl (C=O) groups is 1. The van der Waals surface area contributed by atoms with E-state index in [9.17, 15) is 4.79 Å². The van der Waals surface area contributed by atoms with Gasteiger partial charge in [0.15, 0.2) is 0 Å². The van der Waals surface area contributed by atoms with Crippen molar-refractivity contribution >= 4 is 5.91 Å². The van der Waals surface area contributed by atoms with Gasteiger partial charge in [0.2, 0.25) is 5.91 Å². The van der Waals surface area contributed by atoms with Crippen LogP contribution in [0.25, 0.3) is 0 Å². The maximum absolute atomic E-state index is 12.1. The predicted octanol–water partition coefficient (Wildman–Crippen LogP) is 1.17. The number of ether oxygens (including phenoxy) is 2. The summed E-state index contributed by atoms with van der Waals surface area (Å²) in [6, 6.07) is 9.48. The van der Waals surface area contributed by atoms with Crippen molar-refractivity contribution in [1.82, 2.24) is 5.32 Å². The summed E-state index contributed by atoms with van der Waals surface area (Å²) < 4.78 is 11.3. The van der Waals surface area contributed by atoms with Gasteiger partial charge in [-0.2, -0.15) is 0 Å². The molecule has 1 amide bonds. The molecule has 2 rings (SSSR count). The lowest BCUT2D eigenvalue weighted by molar-refractivity contribution is -0.128. The van der Waals surface area contributed by atoms with Crippen LogP contribution in [0.4, 0.5) is 0 Å². The summed E-state index contributed by atoms with van der Waals surface area (Å²) in [7, 11) is 0. The Kier molecular flexibility index (Phi) is 5.73. The molecule has 2 unspecified atom stereocenters. The fourth-order valence-corrected chi connectivity index (χ4v) is 2.68. The highest BCUT2D eigenvalue weighted by atomic mass is 16.5. The van der Waals surface area contributed by atoms with Gasteiger partial charge in [-0.3, -0.25) is 10.1 Å². The molecule has 1 aliphatic heterocycles. The maximum Gasteiger partial charge on any atom is 0.244 e. The molecule has 0 aliphatic carbocycles. The molecule has 0 radical (unpaired) electrons. The number of likely N-dealkylation sites (N-methyl/N-ethyl adjacent to an activating group) is 1. The van der Waals surface area contributed by atoms with E-state index in [0.717, 1.165) is 25.0 Å². The zero-order valence-corrected chi connectivity index (χ0v) is 12.5. The zero-order chi connectivity index (χ0) is 15.1. The minimum absolute atomic E-state index is 0.132. The number of amides is 1. The molecule has 2 atom stereocenters. The molecule has 0 aromatic heterocycles. The van der Waals surface area contributed by atoms with E-state index in [4.69, 9.17) is 15.2 Å². The van der Waals surface area contributed by atoms with E-state index in [2.05, 4.69) is 5.32 Å². The van der Waals surface area contributed by atoms with E-state index >= 15 is 0 Å². The molecule has 21 heavy (non-hydrogen) atoms. The summed E-state index contributed by atoms with van der Waals surface area (Å²) >= 11 is 0. The molecule has 5 heteroatoms. The van der Waals surface area contributed by atoms with Crippen molar-refractivity contribution in [2.75, 3.05) is 26.4 Å². The molecular formula is C16H24N2O3. The average molecular weight is 292 g/mol. The molecule has 1 saturated heterocycles. The third kappa shape index (κ3) is 3.81. The number of hydrogen-bond acceptors (Lipinski definition) is 4. The molecular weight excluding hydrogens is 268 g/mol. The largest absolute Gasteiger partial charge is 0.376 e. The van der Waals surface area contributed by atoms with E-state index in [1.807, 2.05) is 37.3 Å². The molecule has 1 heterocycles. The highest BCUT2D eigenvalue weighted by Gasteiger charge is 2.38. The van der Waals surface area contributed by atoms with Crippen LogP contribution in [0.1, 0.15) is 25.3 Å². The monoisotopic (exact) mass is 292 g/mol. The second kappa shape index (κ2) is 7.54. The van der Waals surface area contributed by atoms with Crippen LogP contribution in [-0.4, -0.2) is 38.4 Å². The first-order valence-electron chi connectivity index (χ1n) is 7.49. The minimum atomic E-state index is -0.991. The smallest absolute Gasteiger partial charge is 0.244 e. The molecule has 0 bridgehead atoms. The van der Waals surface area contributed by atoms with Gasteiger partial charge in [0, 0.05) is 6.61 Å². The summed E-state index contributed by atoms with van der Waals surface area (Å²) in [5.41, 5.74) is 5.51. The first kappa shape index (κ1) is 15.9. The first-order chi connectivity index (χ1) is 10.2. The molecule has 1 fully saturated rings. The van der Waals surface area contributed by atoms with Crippen molar-refractivity contribution in [1.29, 1.82) is 0 Å². The SMILES string of the molecule is CCNC(COCC1CCCO1)(C(N)=O)c1ccccc1. The third-order valence-corrected chi connectivity index (χ3v) is 3.81. The number of nitrogens with one attached hydrogen (secondary N) is 1. The van der Waals surface area contributed by atoms with Gasteiger partial charge in [-0.15, -0.1) is 0 Å². The lowest BCUT2D eigenvalue weighted by atomic mass is 9.89. The molecule has 5 nitrogen and oxygen atoms in total. The first-order valence-corrected chi connectivity index (χ1v) is 7.49. The molecule has 3 N–H and O–H groups in total. The van der Waals surface area contributed by atoms with Gasteiger partial charge >= 0.3 is 0 Å². The lowest BCUT2D eigenvalue weighted by Gasteiger charge is -2.32. The Morgan fingerprint density at radius 3 is 2.81 bits per heavy atom. The molecule has 1 aromatic rings. The summed E-state index contributed by atoms with van der Waals surface area (Å²) in [6.07, 6.45) is 2.21. The topological polar surface area (TPSA) is 73.6 Å². The maximum atomic E-state index is 12.1. The summed E-state index contributed by atoms with van der Waals surface area (Å²) in [4.78, 5) is 12.1. The quantitative estimate of drug-likeness (QED) is 0.754. The Hall–Kier alpha value is -1.43. The van der Waals surface area contributed by atoms with Gasteiger partial charge in [-0.05, 0) is 24.9 Å². The fraction of sp³-hybridized carbons (Fsp3) is 0.562. The standard InChI is InChI=1S/C16H24N2O3/c1-2-18-16(15(17)19,13-7-4-3-5-8-13)12-20-11-14-9-6-10-21-14/h3-5,7-8,14,18H,2,6,9-12H2,1H3,(H2,17,19). The Morgan fingerprint density at radius 2 is 2.24 bits per heavy atom. The Balaban J connectivity index is 2.09. The van der Waals surface area contributed by atoms with Crippen molar-refractivity contribution in [3.8, 4) is 0 Å². The normalized spacial score (nSPS) is 21.1. The highest BCUT2D eigenvalue weighted by molar-refractivity contribution is 5.86. The van der Waals surface area contributed by atoms with Gasteiger partial charge in [0.05, 0.1) is 19.3 Å². The van der Waals surface area contributed by atoms with Crippen LogP contribution in [0.15, 0.2) is 30.3 Å². The number of benzene rings is 1. The number of rotatable bonds is 8. The third-order valence-electron chi connectivity index (χ3n) is 3.81. The van der Waals surface area contributed by atoms with E-state index in [0.29, 0.717) is 13.2 Å². The second-order valence-corrected chi connectivity index (χ2v) is 5.32. The Labute approximate surface area is 125 Å². The Bertz CT molecular complexity index is 446. The van der Waals surface area contributed by atoms with Crippen LogP contribution >= 0.6 is 0 Å². The summed E-state index contributed by atoms with van der Waals surface area (Å²) in [5, 5.41) is 3.20. The zero-order valence-electron chi connectivity index (χ0n) is 12.5. The van der Waals surface area contributed by atoms with E-state index in [1.165, 1.54) is 0 Å². The van der Waals surface area contributed by atoms with Crippen LogP contribution in [0.3, 0.4) is 0 Å². The summed E-state index contributed by atoms with van der Waals surface area (Å²) in [5.74, 6) is -0.428. The van der Waals surface area contributed by atoms with Crippen LogP contribution in [-0.2, 0) is 19.8 Å². The second-order valence-electron chi connectivity index (χ2n) is 5.32. The van der Waals surface area contributed by atoms with Crippen molar-refractivity contribution in [2.24, 2.45) is 5.73 Å². The van der Waals surface area contributed by atoms with Crippen LogP contribution in [0.2, 0.25) is 0 Å². The van der Waals surface area contributed by atoms with Crippen molar-refractivity contribution in [3.63, 3.8) is 0 Å². The molecule has 0 saturated carbocycles.